The molecule has 0 unspecified atom stereocenters. The Labute approximate surface area is 171 Å². The van der Waals surface area contributed by atoms with E-state index in [-0.39, 0.29) is 4.90 Å². The summed E-state index contributed by atoms with van der Waals surface area (Å²) in [6.45, 7) is 3.32. The van der Waals surface area contributed by atoms with Gasteiger partial charge in [-0.15, -0.1) is 4.36 Å². The summed E-state index contributed by atoms with van der Waals surface area (Å²) in [5, 5.41) is 18.8. The predicted molar refractivity (Wildman–Crippen MR) is 112 cm³/mol. The van der Waals surface area contributed by atoms with Crippen molar-refractivity contribution in [2.24, 2.45) is 9.50 Å². The number of aryl methyl sites for hydroxylation is 2. The number of carbonyl (C=O) groups excluding carboxylic acids is 1. The average molecular weight is 415 g/mol. The van der Waals surface area contributed by atoms with Crippen LogP contribution in [0.4, 0.5) is 10.5 Å². The van der Waals surface area contributed by atoms with E-state index in [9.17, 15) is 14.1 Å². The summed E-state index contributed by atoms with van der Waals surface area (Å²) in [6, 6.07) is 5.64. The molecule has 0 saturated carbocycles. The lowest BCUT2D eigenvalue weighted by atomic mass is 9.99. The third-order valence-electron chi connectivity index (χ3n) is 5.60. The summed E-state index contributed by atoms with van der Waals surface area (Å²) in [5.74, 6) is 0. The van der Waals surface area contributed by atoms with E-state index < -0.39 is 21.5 Å². The maximum absolute atomic E-state index is 12.9. The van der Waals surface area contributed by atoms with Gasteiger partial charge in [-0.1, -0.05) is 12.1 Å². The van der Waals surface area contributed by atoms with Crippen LogP contribution in [0, 0.1) is 0 Å². The van der Waals surface area contributed by atoms with E-state index in [1.165, 1.54) is 12.1 Å². The zero-order chi connectivity index (χ0) is 20.8. The number of rotatable bonds is 3. The van der Waals surface area contributed by atoms with Crippen LogP contribution in [0.15, 0.2) is 33.5 Å². The minimum atomic E-state index is -3.40. The number of hydrogen-bond donors (Lipinski definition) is 3. The molecule has 1 aromatic carbocycles. The molecule has 0 radical (unpaired) electrons. The fourth-order valence-electron chi connectivity index (χ4n) is 4.10. The Bertz CT molecular complexity index is 1060. The summed E-state index contributed by atoms with van der Waals surface area (Å²) < 4.78 is 16.7. The minimum absolute atomic E-state index is 0.242. The molecule has 154 valence electrons. The molecule has 0 saturated heterocycles. The number of anilines is 1. The second-order valence-electron chi connectivity index (χ2n) is 8.22. The molecule has 0 bridgehead atoms. The molecule has 2 amide bonds. The van der Waals surface area contributed by atoms with E-state index in [0.29, 0.717) is 5.56 Å². The summed E-state index contributed by atoms with van der Waals surface area (Å²) in [5.41, 5.74) is 4.68. The normalized spacial score (nSPS) is 17.4. The van der Waals surface area contributed by atoms with Crippen LogP contribution in [-0.4, -0.2) is 20.3 Å². The standard InChI is InChI=1S/C21H26N4O3S/c1-21(2,27)13-9-11-14(12-10-13)29(22,28)25-20(26)24-19-15-5-3-7-17(15)23-18-8-4-6-16(18)19/h9-12,27H,3-8H2,1-2H3,(H3,22,23,24,25,26,28)/t29-/m0/s1. The van der Waals surface area contributed by atoms with Gasteiger partial charge in [0.05, 0.1) is 16.2 Å². The van der Waals surface area contributed by atoms with Crippen molar-refractivity contribution >= 4 is 21.6 Å². The van der Waals surface area contributed by atoms with Crippen molar-refractivity contribution in [1.82, 2.24) is 4.98 Å². The fraction of sp³-hybridized carbons (Fsp3) is 0.429. The van der Waals surface area contributed by atoms with Crippen LogP contribution in [0.1, 0.15) is 54.8 Å². The van der Waals surface area contributed by atoms with Gasteiger partial charge in [-0.3, -0.25) is 4.98 Å². The van der Waals surface area contributed by atoms with E-state index in [4.69, 9.17) is 10.1 Å². The molecule has 2 aromatic rings. The highest BCUT2D eigenvalue weighted by atomic mass is 32.2. The number of nitrogens with two attached hydrogens (primary N) is 1. The Kier molecular flexibility index (Phi) is 4.96. The van der Waals surface area contributed by atoms with Crippen molar-refractivity contribution in [2.45, 2.75) is 62.9 Å². The lowest BCUT2D eigenvalue weighted by molar-refractivity contribution is 0.0785. The molecule has 2 aliphatic carbocycles. The lowest BCUT2D eigenvalue weighted by Crippen LogP contribution is -2.20. The fourth-order valence-corrected chi connectivity index (χ4v) is 5.02. The van der Waals surface area contributed by atoms with Crippen LogP contribution in [0.2, 0.25) is 0 Å². The second kappa shape index (κ2) is 7.19. The Hall–Kier alpha value is -2.29. The van der Waals surface area contributed by atoms with Gasteiger partial charge in [0.1, 0.15) is 9.92 Å². The maximum atomic E-state index is 12.9. The Morgan fingerprint density at radius 3 is 2.17 bits per heavy atom. The van der Waals surface area contributed by atoms with E-state index in [1.54, 1.807) is 26.0 Å². The van der Waals surface area contributed by atoms with E-state index in [1.807, 2.05) is 0 Å². The van der Waals surface area contributed by atoms with Crippen molar-refractivity contribution in [3.8, 4) is 0 Å². The van der Waals surface area contributed by atoms with Crippen molar-refractivity contribution in [3.05, 3.63) is 52.3 Å². The van der Waals surface area contributed by atoms with Crippen LogP contribution < -0.4 is 10.5 Å². The topological polar surface area (TPSA) is 118 Å². The number of hydrogen-bond acceptors (Lipinski definition) is 4. The second-order valence-corrected chi connectivity index (χ2v) is 10.0. The van der Waals surface area contributed by atoms with Gasteiger partial charge in [-0.2, -0.15) is 0 Å². The van der Waals surface area contributed by atoms with Gasteiger partial charge in [0.25, 0.3) is 0 Å². The molecule has 2 aliphatic rings. The molecule has 4 rings (SSSR count). The van der Waals surface area contributed by atoms with Gasteiger partial charge in [0, 0.05) is 11.4 Å². The van der Waals surface area contributed by atoms with Crippen molar-refractivity contribution in [1.29, 1.82) is 0 Å². The lowest BCUT2D eigenvalue weighted by Gasteiger charge is -2.18. The predicted octanol–water partition coefficient (Wildman–Crippen LogP) is 3.22. The number of carbonyl (C=O) groups is 1. The number of pyridine rings is 1. The van der Waals surface area contributed by atoms with Gasteiger partial charge in [0.2, 0.25) is 0 Å². The largest absolute Gasteiger partial charge is 0.386 e. The first kappa shape index (κ1) is 20.0. The Morgan fingerprint density at radius 2 is 1.66 bits per heavy atom. The Morgan fingerprint density at radius 1 is 1.10 bits per heavy atom. The third-order valence-corrected chi connectivity index (χ3v) is 6.98. The van der Waals surface area contributed by atoms with Gasteiger partial charge in [-0.25, -0.2) is 14.1 Å². The molecule has 0 aliphatic heterocycles. The molecule has 1 atom stereocenters. The van der Waals surface area contributed by atoms with E-state index in [0.717, 1.165) is 66.7 Å². The molecular weight excluding hydrogens is 388 g/mol. The van der Waals surface area contributed by atoms with Gasteiger partial charge in [0.15, 0.2) is 0 Å². The highest BCUT2D eigenvalue weighted by Crippen LogP contribution is 2.36. The molecule has 0 fully saturated rings. The van der Waals surface area contributed by atoms with Crippen LogP contribution in [-0.2, 0) is 41.2 Å². The van der Waals surface area contributed by atoms with Gasteiger partial charge >= 0.3 is 6.03 Å². The van der Waals surface area contributed by atoms with Crippen LogP contribution in [0.25, 0.3) is 0 Å². The van der Waals surface area contributed by atoms with Crippen molar-refractivity contribution < 1.29 is 14.1 Å². The number of benzene rings is 1. The first-order valence-electron chi connectivity index (χ1n) is 9.87. The molecule has 7 nitrogen and oxygen atoms in total. The SMILES string of the molecule is CC(C)(O)c1ccc([S@@](N)(=O)=NC(=O)Nc2c3c(nc4c2CCC4)CCC3)cc1. The summed E-state index contributed by atoms with van der Waals surface area (Å²) in [6.07, 6.45) is 5.63. The average Bonchev–Trinajstić information content (AvgIpc) is 3.29. The number of nitrogens with one attached hydrogen (secondary N) is 1. The van der Waals surface area contributed by atoms with Crippen molar-refractivity contribution in [2.75, 3.05) is 5.32 Å². The molecule has 1 aromatic heterocycles. The monoisotopic (exact) mass is 414 g/mol. The Balaban J connectivity index is 1.63. The smallest absolute Gasteiger partial charge is 0.354 e. The number of aliphatic hydroxyl groups is 1. The number of fused-ring (bicyclic) bond motifs is 2. The van der Waals surface area contributed by atoms with E-state index >= 15 is 0 Å². The number of aromatic nitrogens is 1. The van der Waals surface area contributed by atoms with Crippen LogP contribution in [0.3, 0.4) is 0 Å². The van der Waals surface area contributed by atoms with E-state index in [2.05, 4.69) is 9.68 Å². The summed E-state index contributed by atoms with van der Waals surface area (Å²) >= 11 is 0. The maximum Gasteiger partial charge on any atom is 0.354 e. The molecule has 0 spiro atoms. The molecule has 8 heteroatoms. The first-order valence-corrected chi connectivity index (χ1v) is 11.5. The summed E-state index contributed by atoms with van der Waals surface area (Å²) in [4.78, 5) is 17.6. The number of urea groups is 1. The third kappa shape index (κ3) is 3.92. The highest BCUT2D eigenvalue weighted by molar-refractivity contribution is 7.91. The molecule has 4 N–H and O–H groups in total. The molecular formula is C21H26N4O3S. The van der Waals surface area contributed by atoms with Gasteiger partial charge < -0.3 is 10.4 Å². The van der Waals surface area contributed by atoms with Crippen LogP contribution in [0.5, 0.6) is 0 Å². The van der Waals surface area contributed by atoms with Gasteiger partial charge in [-0.05, 0) is 81.2 Å². The van der Waals surface area contributed by atoms with Crippen molar-refractivity contribution in [3.63, 3.8) is 0 Å². The minimum Gasteiger partial charge on any atom is -0.386 e. The molecule has 29 heavy (non-hydrogen) atoms. The number of amides is 2. The quantitative estimate of drug-likeness (QED) is 0.714. The molecule has 1 heterocycles. The first-order chi connectivity index (χ1) is 13.6. The number of nitrogens with zero attached hydrogens (tertiary/aromatic N) is 2. The highest BCUT2D eigenvalue weighted by Gasteiger charge is 2.26. The zero-order valence-corrected chi connectivity index (χ0v) is 17.5. The van der Waals surface area contributed by atoms with Crippen LogP contribution >= 0.6 is 0 Å². The summed E-state index contributed by atoms with van der Waals surface area (Å²) in [7, 11) is -3.40. The zero-order valence-electron chi connectivity index (χ0n) is 16.7.